The first-order valence-electron chi connectivity index (χ1n) is 6.91. The van der Waals surface area contributed by atoms with E-state index in [2.05, 4.69) is 5.32 Å². The van der Waals surface area contributed by atoms with Crippen molar-refractivity contribution in [1.82, 2.24) is 10.2 Å². The Morgan fingerprint density at radius 2 is 1.90 bits per heavy atom. The van der Waals surface area contributed by atoms with E-state index < -0.39 is 0 Å². The van der Waals surface area contributed by atoms with Gasteiger partial charge >= 0.3 is 0 Å². The fourth-order valence-corrected chi connectivity index (χ4v) is 2.52. The summed E-state index contributed by atoms with van der Waals surface area (Å²) >= 11 is 0. The minimum Gasteiger partial charge on any atom is -0.461 e. The molecule has 1 aromatic carbocycles. The standard InChI is InChI=1S/C16H18N2O2/c1-12-11-14(16(19)18-9-7-17-8-10-18)15(20-12)13-5-3-2-4-6-13/h2-6,11,17H,7-10H2,1H3. The predicted molar refractivity (Wildman–Crippen MR) is 77.7 cm³/mol. The Bertz CT molecular complexity index is 598. The maximum Gasteiger partial charge on any atom is 0.257 e. The monoisotopic (exact) mass is 270 g/mol. The molecule has 0 aliphatic carbocycles. The van der Waals surface area contributed by atoms with E-state index in [-0.39, 0.29) is 5.91 Å². The number of hydrogen-bond acceptors (Lipinski definition) is 3. The lowest BCUT2D eigenvalue weighted by atomic mass is 10.1. The second-order valence-electron chi connectivity index (χ2n) is 5.01. The molecule has 0 saturated carbocycles. The third-order valence-corrected chi connectivity index (χ3v) is 3.53. The summed E-state index contributed by atoms with van der Waals surface area (Å²) in [4.78, 5) is 14.5. The molecule has 0 atom stereocenters. The summed E-state index contributed by atoms with van der Waals surface area (Å²) in [6.45, 7) is 5.07. The van der Waals surface area contributed by atoms with Crippen LogP contribution in [0.2, 0.25) is 0 Å². The second-order valence-corrected chi connectivity index (χ2v) is 5.01. The Morgan fingerprint density at radius 3 is 2.60 bits per heavy atom. The summed E-state index contributed by atoms with van der Waals surface area (Å²) in [5.74, 6) is 1.50. The van der Waals surface area contributed by atoms with Gasteiger partial charge in [-0.2, -0.15) is 0 Å². The van der Waals surface area contributed by atoms with Gasteiger partial charge in [-0.25, -0.2) is 0 Å². The topological polar surface area (TPSA) is 45.5 Å². The van der Waals surface area contributed by atoms with Crippen molar-refractivity contribution in [3.8, 4) is 11.3 Å². The molecule has 4 nitrogen and oxygen atoms in total. The van der Waals surface area contributed by atoms with Crippen LogP contribution in [0, 0.1) is 6.92 Å². The van der Waals surface area contributed by atoms with E-state index in [1.54, 1.807) is 0 Å². The molecule has 1 N–H and O–H groups in total. The van der Waals surface area contributed by atoms with E-state index in [1.807, 2.05) is 48.2 Å². The van der Waals surface area contributed by atoms with E-state index >= 15 is 0 Å². The molecule has 2 heterocycles. The molecule has 3 rings (SSSR count). The number of carbonyl (C=O) groups is 1. The molecule has 1 aliphatic heterocycles. The highest BCUT2D eigenvalue weighted by Crippen LogP contribution is 2.28. The van der Waals surface area contributed by atoms with Crippen LogP contribution in [0.25, 0.3) is 11.3 Å². The highest BCUT2D eigenvalue weighted by Gasteiger charge is 2.24. The number of piperazine rings is 1. The molecule has 1 aliphatic rings. The second kappa shape index (κ2) is 5.51. The zero-order chi connectivity index (χ0) is 13.9. The van der Waals surface area contributed by atoms with Gasteiger partial charge in [0.2, 0.25) is 0 Å². The number of rotatable bonds is 2. The molecule has 1 saturated heterocycles. The van der Waals surface area contributed by atoms with E-state index in [0.717, 1.165) is 37.5 Å². The molecule has 1 amide bonds. The van der Waals surface area contributed by atoms with Crippen LogP contribution in [0.1, 0.15) is 16.1 Å². The van der Waals surface area contributed by atoms with Gasteiger partial charge in [-0.15, -0.1) is 0 Å². The normalized spacial score (nSPS) is 15.3. The molecule has 1 fully saturated rings. The van der Waals surface area contributed by atoms with Crippen LogP contribution in [0.4, 0.5) is 0 Å². The summed E-state index contributed by atoms with van der Waals surface area (Å²) in [7, 11) is 0. The van der Waals surface area contributed by atoms with Crippen molar-refractivity contribution < 1.29 is 9.21 Å². The van der Waals surface area contributed by atoms with Crippen molar-refractivity contribution in [2.75, 3.05) is 26.2 Å². The first-order valence-corrected chi connectivity index (χ1v) is 6.91. The molecule has 20 heavy (non-hydrogen) atoms. The Morgan fingerprint density at radius 1 is 1.20 bits per heavy atom. The van der Waals surface area contributed by atoms with E-state index in [9.17, 15) is 4.79 Å². The molecule has 2 aromatic rings. The summed E-state index contributed by atoms with van der Waals surface area (Å²) < 4.78 is 5.75. The predicted octanol–water partition coefficient (Wildman–Crippen LogP) is 2.30. The summed E-state index contributed by atoms with van der Waals surface area (Å²) in [5, 5.41) is 3.26. The van der Waals surface area contributed by atoms with Crippen LogP contribution < -0.4 is 5.32 Å². The SMILES string of the molecule is Cc1cc(C(=O)N2CCNCC2)c(-c2ccccc2)o1. The zero-order valence-electron chi connectivity index (χ0n) is 11.6. The van der Waals surface area contributed by atoms with Gasteiger partial charge in [0.15, 0.2) is 0 Å². The molecule has 0 bridgehead atoms. The minimum atomic E-state index is 0.0576. The number of carbonyl (C=O) groups excluding carboxylic acids is 1. The minimum absolute atomic E-state index is 0.0576. The molecule has 0 spiro atoms. The lowest BCUT2D eigenvalue weighted by molar-refractivity contribution is 0.0736. The van der Waals surface area contributed by atoms with Crippen LogP contribution in [-0.4, -0.2) is 37.0 Å². The molecule has 1 aromatic heterocycles. The van der Waals surface area contributed by atoms with Crippen molar-refractivity contribution >= 4 is 5.91 Å². The van der Waals surface area contributed by atoms with Crippen LogP contribution in [0.3, 0.4) is 0 Å². The van der Waals surface area contributed by atoms with Crippen LogP contribution in [0.5, 0.6) is 0 Å². The van der Waals surface area contributed by atoms with Gasteiger partial charge in [0.05, 0.1) is 5.56 Å². The van der Waals surface area contributed by atoms with E-state index in [0.29, 0.717) is 11.3 Å². The quantitative estimate of drug-likeness (QED) is 0.910. The molecule has 0 radical (unpaired) electrons. The van der Waals surface area contributed by atoms with Gasteiger partial charge < -0.3 is 14.6 Å². The first-order chi connectivity index (χ1) is 9.75. The van der Waals surface area contributed by atoms with Crippen LogP contribution in [0.15, 0.2) is 40.8 Å². The molecule has 104 valence electrons. The van der Waals surface area contributed by atoms with Crippen molar-refractivity contribution in [3.05, 3.63) is 47.7 Å². The van der Waals surface area contributed by atoms with Crippen molar-refractivity contribution in [2.24, 2.45) is 0 Å². The summed E-state index contributed by atoms with van der Waals surface area (Å²) in [6.07, 6.45) is 0. The largest absolute Gasteiger partial charge is 0.461 e. The molecular weight excluding hydrogens is 252 g/mol. The fraction of sp³-hybridized carbons (Fsp3) is 0.312. The zero-order valence-corrected chi connectivity index (χ0v) is 11.6. The number of nitrogens with zero attached hydrogens (tertiary/aromatic N) is 1. The van der Waals surface area contributed by atoms with Gasteiger partial charge in [0.25, 0.3) is 5.91 Å². The molecule has 4 heteroatoms. The Balaban J connectivity index is 1.95. The summed E-state index contributed by atoms with van der Waals surface area (Å²) in [5.41, 5.74) is 1.61. The lowest BCUT2D eigenvalue weighted by Gasteiger charge is -2.27. The van der Waals surface area contributed by atoms with E-state index in [1.165, 1.54) is 0 Å². The number of benzene rings is 1. The Hall–Kier alpha value is -2.07. The smallest absolute Gasteiger partial charge is 0.257 e. The number of amides is 1. The number of furan rings is 1. The first kappa shape index (κ1) is 12.9. The molecular formula is C16H18N2O2. The van der Waals surface area contributed by atoms with E-state index in [4.69, 9.17) is 4.42 Å². The molecule has 0 unspecified atom stereocenters. The Kier molecular flexibility index (Phi) is 3.56. The number of aryl methyl sites for hydroxylation is 1. The maximum absolute atomic E-state index is 12.6. The highest BCUT2D eigenvalue weighted by molar-refractivity contribution is 5.99. The van der Waals surface area contributed by atoms with Crippen LogP contribution in [-0.2, 0) is 0 Å². The summed E-state index contributed by atoms with van der Waals surface area (Å²) in [6, 6.07) is 11.6. The highest BCUT2D eigenvalue weighted by atomic mass is 16.3. The lowest BCUT2D eigenvalue weighted by Crippen LogP contribution is -2.46. The number of nitrogens with one attached hydrogen (secondary N) is 1. The van der Waals surface area contributed by atoms with Crippen molar-refractivity contribution in [1.29, 1.82) is 0 Å². The maximum atomic E-state index is 12.6. The fourth-order valence-electron chi connectivity index (χ4n) is 2.52. The van der Waals surface area contributed by atoms with Gasteiger partial charge in [-0.3, -0.25) is 4.79 Å². The average molecular weight is 270 g/mol. The van der Waals surface area contributed by atoms with Crippen molar-refractivity contribution in [2.45, 2.75) is 6.92 Å². The third-order valence-electron chi connectivity index (χ3n) is 3.53. The van der Waals surface area contributed by atoms with Gasteiger partial charge in [0.1, 0.15) is 11.5 Å². The van der Waals surface area contributed by atoms with Gasteiger partial charge in [-0.1, -0.05) is 30.3 Å². The average Bonchev–Trinajstić information content (AvgIpc) is 2.90. The van der Waals surface area contributed by atoms with Crippen LogP contribution >= 0.6 is 0 Å². The third kappa shape index (κ3) is 2.47. The Labute approximate surface area is 118 Å². The van der Waals surface area contributed by atoms with Crippen molar-refractivity contribution in [3.63, 3.8) is 0 Å². The number of hydrogen-bond donors (Lipinski definition) is 1. The van der Waals surface area contributed by atoms with Gasteiger partial charge in [0, 0.05) is 31.7 Å². The van der Waals surface area contributed by atoms with Gasteiger partial charge in [-0.05, 0) is 13.0 Å².